The van der Waals surface area contributed by atoms with Crippen molar-refractivity contribution in [3.63, 3.8) is 0 Å². The molecule has 0 unspecified atom stereocenters. The van der Waals surface area contributed by atoms with Crippen LogP contribution in [-0.4, -0.2) is 4.98 Å². The third-order valence-corrected chi connectivity index (χ3v) is 3.36. The van der Waals surface area contributed by atoms with Crippen molar-refractivity contribution < 1.29 is 8.78 Å². The van der Waals surface area contributed by atoms with Crippen LogP contribution >= 0.6 is 11.6 Å². The van der Waals surface area contributed by atoms with E-state index in [1.54, 1.807) is 24.3 Å². The van der Waals surface area contributed by atoms with Gasteiger partial charge in [-0.3, -0.25) is 0 Å². The summed E-state index contributed by atoms with van der Waals surface area (Å²) in [7, 11) is 0. The number of aromatic nitrogens is 1. The molecule has 2 aromatic carbocycles. The Bertz CT molecular complexity index is 804. The van der Waals surface area contributed by atoms with Crippen LogP contribution in [0.1, 0.15) is 0 Å². The van der Waals surface area contributed by atoms with Crippen LogP contribution in [0.5, 0.6) is 0 Å². The normalized spacial score (nSPS) is 10.5. The molecule has 1 heterocycles. The van der Waals surface area contributed by atoms with Gasteiger partial charge in [0, 0.05) is 28.0 Å². The predicted molar refractivity (Wildman–Crippen MR) is 84.3 cm³/mol. The van der Waals surface area contributed by atoms with Crippen LogP contribution in [0.25, 0.3) is 11.1 Å². The van der Waals surface area contributed by atoms with Crippen LogP contribution < -0.4 is 5.32 Å². The highest BCUT2D eigenvalue weighted by atomic mass is 35.5. The molecule has 0 saturated heterocycles. The molecule has 22 heavy (non-hydrogen) atoms. The van der Waals surface area contributed by atoms with Gasteiger partial charge in [0.2, 0.25) is 0 Å². The Morgan fingerprint density at radius 2 is 1.77 bits per heavy atom. The number of nitrogens with one attached hydrogen (secondary N) is 1. The molecule has 0 spiro atoms. The number of hydrogen-bond donors (Lipinski definition) is 1. The molecule has 0 amide bonds. The van der Waals surface area contributed by atoms with Crippen LogP contribution in [0.4, 0.5) is 20.3 Å². The number of halogens is 3. The van der Waals surface area contributed by atoms with Gasteiger partial charge < -0.3 is 5.32 Å². The van der Waals surface area contributed by atoms with Crippen molar-refractivity contribution in [2.75, 3.05) is 5.32 Å². The van der Waals surface area contributed by atoms with E-state index in [0.29, 0.717) is 16.4 Å². The van der Waals surface area contributed by atoms with Gasteiger partial charge in [-0.25, -0.2) is 13.8 Å². The summed E-state index contributed by atoms with van der Waals surface area (Å²) in [5.41, 5.74) is 1.49. The van der Waals surface area contributed by atoms with Gasteiger partial charge in [-0.05, 0) is 36.4 Å². The third kappa shape index (κ3) is 3.07. The lowest BCUT2D eigenvalue weighted by molar-refractivity contribution is 0.511. The van der Waals surface area contributed by atoms with Crippen molar-refractivity contribution in [3.05, 3.63) is 77.5 Å². The molecule has 0 aliphatic carbocycles. The fourth-order valence-electron chi connectivity index (χ4n) is 2.07. The highest BCUT2D eigenvalue weighted by Crippen LogP contribution is 2.25. The SMILES string of the molecule is Fc1cccc(-c2ccc(Nc3cccc(Cl)c3)nc2)c1F. The van der Waals surface area contributed by atoms with Crippen molar-refractivity contribution in [2.45, 2.75) is 0 Å². The minimum Gasteiger partial charge on any atom is -0.340 e. The average Bonchev–Trinajstić information content (AvgIpc) is 2.51. The van der Waals surface area contributed by atoms with Crippen LogP contribution in [0, 0.1) is 11.6 Å². The lowest BCUT2D eigenvalue weighted by atomic mass is 10.1. The molecule has 0 atom stereocenters. The first kappa shape index (κ1) is 14.5. The second-order valence-corrected chi connectivity index (χ2v) is 5.11. The quantitative estimate of drug-likeness (QED) is 0.697. The third-order valence-electron chi connectivity index (χ3n) is 3.12. The number of hydrogen-bond acceptors (Lipinski definition) is 2. The van der Waals surface area contributed by atoms with Gasteiger partial charge in [-0.1, -0.05) is 29.8 Å². The standard InChI is InChI=1S/C17H11ClF2N2/c18-12-3-1-4-13(9-12)22-16-8-7-11(10-21-16)14-5-2-6-15(19)17(14)20/h1-10H,(H,21,22). The number of rotatable bonds is 3. The van der Waals surface area contributed by atoms with E-state index in [4.69, 9.17) is 11.6 Å². The summed E-state index contributed by atoms with van der Waals surface area (Å²) in [6, 6.07) is 14.7. The van der Waals surface area contributed by atoms with E-state index in [-0.39, 0.29) is 5.56 Å². The molecular formula is C17H11ClF2N2. The molecule has 0 radical (unpaired) electrons. The van der Waals surface area contributed by atoms with E-state index < -0.39 is 11.6 Å². The van der Waals surface area contributed by atoms with Crippen molar-refractivity contribution in [1.82, 2.24) is 4.98 Å². The van der Waals surface area contributed by atoms with Gasteiger partial charge in [0.25, 0.3) is 0 Å². The summed E-state index contributed by atoms with van der Waals surface area (Å²) in [4.78, 5) is 4.21. The predicted octanol–water partition coefficient (Wildman–Crippen LogP) is 5.42. The summed E-state index contributed by atoms with van der Waals surface area (Å²) >= 11 is 5.91. The summed E-state index contributed by atoms with van der Waals surface area (Å²) in [5, 5.41) is 3.70. The first-order chi connectivity index (χ1) is 10.6. The number of benzene rings is 2. The van der Waals surface area contributed by atoms with Crippen molar-refractivity contribution >= 4 is 23.1 Å². The zero-order valence-electron chi connectivity index (χ0n) is 11.4. The van der Waals surface area contributed by atoms with E-state index in [1.165, 1.54) is 18.3 Å². The largest absolute Gasteiger partial charge is 0.340 e. The molecule has 5 heteroatoms. The average molecular weight is 317 g/mol. The molecule has 0 saturated carbocycles. The Labute approximate surface area is 131 Å². The molecule has 2 nitrogen and oxygen atoms in total. The minimum absolute atomic E-state index is 0.182. The van der Waals surface area contributed by atoms with Crippen LogP contribution in [-0.2, 0) is 0 Å². The molecular weight excluding hydrogens is 306 g/mol. The fourth-order valence-corrected chi connectivity index (χ4v) is 2.26. The molecule has 0 aliphatic rings. The fraction of sp³-hybridized carbons (Fsp3) is 0. The second-order valence-electron chi connectivity index (χ2n) is 4.67. The van der Waals surface area contributed by atoms with Crippen LogP contribution in [0.3, 0.4) is 0 Å². The van der Waals surface area contributed by atoms with Crippen LogP contribution in [0.2, 0.25) is 5.02 Å². The van der Waals surface area contributed by atoms with E-state index in [9.17, 15) is 8.78 Å². The molecule has 1 N–H and O–H groups in total. The topological polar surface area (TPSA) is 24.9 Å². The van der Waals surface area contributed by atoms with Crippen molar-refractivity contribution in [1.29, 1.82) is 0 Å². The van der Waals surface area contributed by atoms with Gasteiger partial charge in [0.15, 0.2) is 11.6 Å². The Morgan fingerprint density at radius 1 is 0.955 bits per heavy atom. The summed E-state index contributed by atoms with van der Waals surface area (Å²) in [6.07, 6.45) is 1.49. The highest BCUT2D eigenvalue weighted by Gasteiger charge is 2.09. The Hall–Kier alpha value is -2.46. The maximum absolute atomic E-state index is 13.7. The van der Waals surface area contributed by atoms with Gasteiger partial charge in [0.05, 0.1) is 0 Å². The van der Waals surface area contributed by atoms with E-state index in [1.807, 2.05) is 12.1 Å². The molecule has 110 valence electrons. The molecule has 0 fully saturated rings. The maximum atomic E-state index is 13.7. The number of anilines is 2. The van der Waals surface area contributed by atoms with E-state index >= 15 is 0 Å². The van der Waals surface area contributed by atoms with Crippen molar-refractivity contribution in [3.8, 4) is 11.1 Å². The Kier molecular flexibility index (Phi) is 4.02. The molecule has 0 bridgehead atoms. The Balaban J connectivity index is 1.85. The number of nitrogens with zero attached hydrogens (tertiary/aromatic N) is 1. The number of pyridine rings is 1. The molecule has 0 aliphatic heterocycles. The van der Waals surface area contributed by atoms with Gasteiger partial charge in [-0.15, -0.1) is 0 Å². The van der Waals surface area contributed by atoms with Gasteiger partial charge in [-0.2, -0.15) is 0 Å². The molecule has 3 rings (SSSR count). The zero-order chi connectivity index (χ0) is 15.5. The minimum atomic E-state index is -0.876. The first-order valence-corrected chi connectivity index (χ1v) is 6.94. The monoisotopic (exact) mass is 316 g/mol. The summed E-state index contributed by atoms with van der Waals surface area (Å²) in [6.45, 7) is 0. The summed E-state index contributed by atoms with van der Waals surface area (Å²) in [5.74, 6) is -1.17. The lowest BCUT2D eigenvalue weighted by Crippen LogP contribution is -1.94. The van der Waals surface area contributed by atoms with Gasteiger partial charge >= 0.3 is 0 Å². The summed E-state index contributed by atoms with van der Waals surface area (Å²) < 4.78 is 27.0. The second kappa shape index (κ2) is 6.12. The Morgan fingerprint density at radius 3 is 2.50 bits per heavy atom. The van der Waals surface area contributed by atoms with Crippen LogP contribution in [0.15, 0.2) is 60.8 Å². The molecule has 1 aromatic heterocycles. The van der Waals surface area contributed by atoms with E-state index in [0.717, 1.165) is 11.8 Å². The lowest BCUT2D eigenvalue weighted by Gasteiger charge is -2.08. The zero-order valence-corrected chi connectivity index (χ0v) is 12.1. The first-order valence-electron chi connectivity index (χ1n) is 6.56. The molecule has 3 aromatic rings. The highest BCUT2D eigenvalue weighted by molar-refractivity contribution is 6.30. The smallest absolute Gasteiger partial charge is 0.166 e. The van der Waals surface area contributed by atoms with Gasteiger partial charge in [0.1, 0.15) is 5.82 Å². The van der Waals surface area contributed by atoms with E-state index in [2.05, 4.69) is 10.3 Å². The maximum Gasteiger partial charge on any atom is 0.166 e. The van der Waals surface area contributed by atoms with Crippen molar-refractivity contribution in [2.24, 2.45) is 0 Å².